The third kappa shape index (κ3) is 3.65. The molecule has 0 aromatic carbocycles. The second kappa shape index (κ2) is 6.31. The van der Waals surface area contributed by atoms with Crippen molar-refractivity contribution in [2.45, 2.75) is 13.1 Å². The fourth-order valence-electron chi connectivity index (χ4n) is 1.62. The van der Waals surface area contributed by atoms with Gasteiger partial charge in [0.15, 0.2) is 0 Å². The van der Waals surface area contributed by atoms with Crippen LogP contribution in [0.1, 0.15) is 4.88 Å². The van der Waals surface area contributed by atoms with E-state index in [1.807, 2.05) is 5.38 Å². The summed E-state index contributed by atoms with van der Waals surface area (Å²) in [6, 6.07) is 2.06. The number of aromatic nitrogens is 2. The van der Waals surface area contributed by atoms with E-state index in [1.165, 1.54) is 14.0 Å². The van der Waals surface area contributed by atoms with Crippen molar-refractivity contribution in [2.75, 3.05) is 6.54 Å². The smallest absolute Gasteiger partial charge is 0.312 e. The summed E-state index contributed by atoms with van der Waals surface area (Å²) >= 11 is 5.07. The monoisotopic (exact) mass is 343 g/mol. The van der Waals surface area contributed by atoms with Crippen LogP contribution < -0.4 is 16.4 Å². The lowest BCUT2D eigenvalue weighted by molar-refractivity contribution is 0.574. The van der Waals surface area contributed by atoms with E-state index < -0.39 is 11.1 Å². The molecule has 2 aromatic heterocycles. The molecule has 2 heterocycles. The number of nitrogens with zero attached hydrogens (tertiary/aromatic N) is 2. The summed E-state index contributed by atoms with van der Waals surface area (Å²) in [5, 5.41) is 5.28. The summed E-state index contributed by atoms with van der Waals surface area (Å²) in [5.41, 5.74) is -0.977. The number of hydrogen-bond donors (Lipinski definition) is 1. The second-order valence-corrected chi connectivity index (χ2v) is 6.03. The lowest BCUT2D eigenvalue weighted by Gasteiger charge is -2.06. The number of thiophene rings is 1. The van der Waals surface area contributed by atoms with Gasteiger partial charge in [0.2, 0.25) is 0 Å². The van der Waals surface area contributed by atoms with Crippen LogP contribution in [0.5, 0.6) is 0 Å². The first kappa shape index (κ1) is 14.2. The van der Waals surface area contributed by atoms with Crippen molar-refractivity contribution in [3.8, 4) is 0 Å². The zero-order valence-corrected chi connectivity index (χ0v) is 12.8. The van der Waals surface area contributed by atoms with Gasteiger partial charge >= 0.3 is 11.1 Å². The maximum atomic E-state index is 11.7. The molecule has 0 atom stereocenters. The molecule has 0 unspecified atom stereocenters. The predicted molar refractivity (Wildman–Crippen MR) is 79.7 cm³/mol. The van der Waals surface area contributed by atoms with Crippen molar-refractivity contribution in [1.29, 1.82) is 0 Å². The molecular formula is C12H14BrN3O2S. The molecule has 0 amide bonds. The van der Waals surface area contributed by atoms with Crippen LogP contribution in [0.4, 0.5) is 0 Å². The van der Waals surface area contributed by atoms with Gasteiger partial charge in [0.1, 0.15) is 0 Å². The molecule has 5 nitrogen and oxygen atoms in total. The van der Waals surface area contributed by atoms with Gasteiger partial charge in [-0.25, -0.2) is 0 Å². The fourth-order valence-corrected chi connectivity index (χ4v) is 3.04. The Bertz CT molecular complexity index is 674. The molecule has 0 radical (unpaired) electrons. The largest absolute Gasteiger partial charge is 0.316 e. The summed E-state index contributed by atoms with van der Waals surface area (Å²) in [6.07, 6.45) is 3.23. The average molecular weight is 344 g/mol. The molecule has 0 saturated heterocycles. The Morgan fingerprint density at radius 1 is 1.32 bits per heavy atom. The molecular weight excluding hydrogens is 330 g/mol. The average Bonchev–Trinajstić information content (AvgIpc) is 2.80. The number of hydrogen-bond acceptors (Lipinski definition) is 4. The lowest BCUT2D eigenvalue weighted by atomic mass is 10.4. The third-order valence-corrected chi connectivity index (χ3v) is 4.38. The Morgan fingerprint density at radius 3 is 2.79 bits per heavy atom. The van der Waals surface area contributed by atoms with E-state index in [4.69, 9.17) is 0 Å². The molecule has 0 fully saturated rings. The molecule has 0 aliphatic heterocycles. The first-order chi connectivity index (χ1) is 9.08. The topological polar surface area (TPSA) is 56.0 Å². The van der Waals surface area contributed by atoms with E-state index in [-0.39, 0.29) is 0 Å². The standard InChI is InChI=1S/C12H14BrN3O2S/c1-15-4-5-16(12(18)11(15)17)3-2-14-7-10-6-9(13)8-19-10/h4-6,8,14H,2-3,7H2,1H3. The molecule has 19 heavy (non-hydrogen) atoms. The first-order valence-electron chi connectivity index (χ1n) is 5.77. The minimum absolute atomic E-state index is 0.481. The Balaban J connectivity index is 1.88. The molecule has 0 bridgehead atoms. The molecule has 0 spiro atoms. The zero-order chi connectivity index (χ0) is 13.8. The Morgan fingerprint density at radius 2 is 2.11 bits per heavy atom. The van der Waals surface area contributed by atoms with Crippen molar-refractivity contribution in [3.05, 3.63) is 53.9 Å². The first-order valence-corrected chi connectivity index (χ1v) is 7.45. The molecule has 1 N–H and O–H groups in total. The molecule has 0 saturated carbocycles. The number of aryl methyl sites for hydroxylation is 1. The van der Waals surface area contributed by atoms with Gasteiger partial charge < -0.3 is 14.5 Å². The number of nitrogens with one attached hydrogen (secondary N) is 1. The van der Waals surface area contributed by atoms with Crippen LogP contribution in [0.15, 0.2) is 37.9 Å². The van der Waals surface area contributed by atoms with Crippen molar-refractivity contribution in [2.24, 2.45) is 7.05 Å². The van der Waals surface area contributed by atoms with Gasteiger partial charge in [0.25, 0.3) is 0 Å². The molecule has 0 aliphatic rings. The van der Waals surface area contributed by atoms with Crippen LogP contribution in [0, 0.1) is 0 Å². The molecule has 0 aliphatic carbocycles. The molecule has 2 aromatic rings. The maximum Gasteiger partial charge on any atom is 0.316 e. The van der Waals surface area contributed by atoms with Gasteiger partial charge in [-0.05, 0) is 22.0 Å². The predicted octanol–water partition coefficient (Wildman–Crippen LogP) is 1.16. The van der Waals surface area contributed by atoms with Gasteiger partial charge in [-0.15, -0.1) is 11.3 Å². The Labute approximate surface area is 122 Å². The third-order valence-electron chi connectivity index (χ3n) is 2.68. The van der Waals surface area contributed by atoms with Crippen molar-refractivity contribution >= 4 is 27.3 Å². The quantitative estimate of drug-likeness (QED) is 0.654. The van der Waals surface area contributed by atoms with Crippen LogP contribution in [-0.2, 0) is 20.1 Å². The van der Waals surface area contributed by atoms with Crippen LogP contribution in [0.2, 0.25) is 0 Å². The van der Waals surface area contributed by atoms with Crippen molar-refractivity contribution < 1.29 is 0 Å². The fraction of sp³-hybridized carbons (Fsp3) is 0.333. The van der Waals surface area contributed by atoms with Crippen molar-refractivity contribution in [3.63, 3.8) is 0 Å². The molecule has 102 valence electrons. The minimum Gasteiger partial charge on any atom is -0.312 e. The van der Waals surface area contributed by atoms with Crippen LogP contribution in [0.25, 0.3) is 0 Å². The molecule has 7 heteroatoms. The van der Waals surface area contributed by atoms with Crippen LogP contribution in [-0.4, -0.2) is 15.7 Å². The highest BCUT2D eigenvalue weighted by atomic mass is 79.9. The SMILES string of the molecule is Cn1ccn(CCNCc2cc(Br)cs2)c(=O)c1=O. The van der Waals surface area contributed by atoms with Crippen LogP contribution in [0.3, 0.4) is 0 Å². The van der Waals surface area contributed by atoms with Gasteiger partial charge in [-0.2, -0.15) is 0 Å². The van der Waals surface area contributed by atoms with Gasteiger partial charge in [0.05, 0.1) is 0 Å². The lowest BCUT2D eigenvalue weighted by Crippen LogP contribution is -2.40. The number of rotatable bonds is 5. The van der Waals surface area contributed by atoms with E-state index in [0.29, 0.717) is 13.1 Å². The summed E-state index contributed by atoms with van der Waals surface area (Å²) in [6.45, 7) is 1.89. The normalized spacial score (nSPS) is 10.8. The summed E-state index contributed by atoms with van der Waals surface area (Å²) < 4.78 is 3.80. The van der Waals surface area contributed by atoms with Gasteiger partial charge in [-0.3, -0.25) is 9.59 Å². The summed E-state index contributed by atoms with van der Waals surface area (Å²) in [7, 11) is 1.57. The van der Waals surface area contributed by atoms with Crippen LogP contribution >= 0.6 is 27.3 Å². The van der Waals surface area contributed by atoms with E-state index >= 15 is 0 Å². The van der Waals surface area contributed by atoms with E-state index in [1.54, 1.807) is 30.8 Å². The highest BCUT2D eigenvalue weighted by Crippen LogP contribution is 2.19. The maximum absolute atomic E-state index is 11.7. The highest BCUT2D eigenvalue weighted by molar-refractivity contribution is 9.10. The van der Waals surface area contributed by atoms with Gasteiger partial charge in [-0.1, -0.05) is 0 Å². The summed E-state index contributed by atoms with van der Waals surface area (Å²) in [5.74, 6) is 0. The van der Waals surface area contributed by atoms with E-state index in [0.717, 1.165) is 11.0 Å². The van der Waals surface area contributed by atoms with E-state index in [2.05, 4.69) is 27.3 Å². The Kier molecular flexibility index (Phi) is 4.73. The summed E-state index contributed by atoms with van der Waals surface area (Å²) in [4.78, 5) is 24.3. The van der Waals surface area contributed by atoms with E-state index in [9.17, 15) is 9.59 Å². The zero-order valence-electron chi connectivity index (χ0n) is 10.4. The van der Waals surface area contributed by atoms with Gasteiger partial charge in [0, 0.05) is 53.8 Å². The minimum atomic E-state index is -0.496. The second-order valence-electron chi connectivity index (χ2n) is 4.12. The van der Waals surface area contributed by atoms with Crippen molar-refractivity contribution in [1.82, 2.24) is 14.5 Å². The molecule has 2 rings (SSSR count). The highest BCUT2D eigenvalue weighted by Gasteiger charge is 2.02. The Hall–Kier alpha value is -1.18. The number of halogens is 1.